The van der Waals surface area contributed by atoms with Crippen LogP contribution in [0.4, 0.5) is 8.78 Å². The third-order valence-electron chi connectivity index (χ3n) is 5.23. The normalized spacial score (nSPS) is 13.5. The van der Waals surface area contributed by atoms with Gasteiger partial charge in [-0.3, -0.25) is 0 Å². The Balaban J connectivity index is 1.60. The molecule has 3 aromatic carbocycles. The minimum Gasteiger partial charge on any atom is -0.438 e. The van der Waals surface area contributed by atoms with E-state index in [2.05, 4.69) is 30.4 Å². The second-order valence-corrected chi connectivity index (χ2v) is 9.18. The van der Waals surface area contributed by atoms with Crippen molar-refractivity contribution in [1.29, 1.82) is 0 Å². The third-order valence-corrected chi connectivity index (χ3v) is 7.43. The highest BCUT2D eigenvalue weighted by atomic mass is 32.2. The monoisotopic (exact) mass is 433 g/mol. The number of thiophene rings is 1. The van der Waals surface area contributed by atoms with Crippen molar-refractivity contribution >= 4 is 26.5 Å². The van der Waals surface area contributed by atoms with Crippen molar-refractivity contribution in [2.75, 3.05) is 0 Å². The van der Waals surface area contributed by atoms with Gasteiger partial charge in [-0.25, -0.2) is 13.6 Å². The summed E-state index contributed by atoms with van der Waals surface area (Å²) >= 11 is 0. The van der Waals surface area contributed by atoms with E-state index in [1.54, 1.807) is 12.1 Å². The molecular formula is C26H19F2O2S+. The summed E-state index contributed by atoms with van der Waals surface area (Å²) in [6.07, 6.45) is 5.57. The van der Waals surface area contributed by atoms with Crippen molar-refractivity contribution in [3.63, 3.8) is 0 Å². The van der Waals surface area contributed by atoms with Crippen LogP contribution < -0.4 is 0 Å². The molecular weight excluding hydrogens is 414 g/mol. The maximum Gasteiger partial charge on any atom is 0.339 e. The van der Waals surface area contributed by atoms with Gasteiger partial charge in [0.05, 0.1) is 5.56 Å². The lowest BCUT2D eigenvalue weighted by atomic mass is 9.96. The molecule has 0 aliphatic carbocycles. The largest absolute Gasteiger partial charge is 0.438 e. The number of hydrogen-bond acceptors (Lipinski definition) is 2. The number of carbonyl (C=O) groups is 1. The second kappa shape index (κ2) is 7.98. The van der Waals surface area contributed by atoms with Crippen LogP contribution in [-0.2, 0) is 10.3 Å². The molecule has 2 nitrogen and oxygen atoms in total. The Morgan fingerprint density at radius 1 is 1.03 bits per heavy atom. The Morgan fingerprint density at radius 3 is 2.42 bits per heavy atom. The molecule has 0 bridgehead atoms. The number of halogens is 2. The zero-order chi connectivity index (χ0) is 22.2. The van der Waals surface area contributed by atoms with Crippen molar-refractivity contribution in [3.8, 4) is 17.2 Å². The van der Waals surface area contributed by atoms with Gasteiger partial charge in [-0.15, -0.1) is 6.42 Å². The molecule has 5 heteroatoms. The van der Waals surface area contributed by atoms with Crippen LogP contribution in [0.25, 0.3) is 15.0 Å². The fraction of sp³-hybridized carbons (Fsp3) is 0.115. The smallest absolute Gasteiger partial charge is 0.339 e. The van der Waals surface area contributed by atoms with Gasteiger partial charge in [0.2, 0.25) is 0 Å². The number of rotatable bonds is 4. The Morgan fingerprint density at radius 2 is 1.74 bits per heavy atom. The summed E-state index contributed by atoms with van der Waals surface area (Å²) in [5.41, 5.74) is 0.211. The summed E-state index contributed by atoms with van der Waals surface area (Å²) in [5.74, 6) is -0.316. The lowest BCUT2D eigenvalue weighted by molar-refractivity contribution is 0.0128. The highest BCUT2D eigenvalue weighted by molar-refractivity contribution is 7.43. The first-order valence-corrected chi connectivity index (χ1v) is 10.9. The van der Waals surface area contributed by atoms with Gasteiger partial charge >= 0.3 is 5.97 Å². The number of carbonyl (C=O) groups excluding carboxylic acids is 1. The van der Waals surface area contributed by atoms with E-state index in [1.807, 2.05) is 24.3 Å². The third kappa shape index (κ3) is 3.83. The summed E-state index contributed by atoms with van der Waals surface area (Å²) < 4.78 is 33.7. The van der Waals surface area contributed by atoms with E-state index < -0.39 is 23.2 Å². The van der Waals surface area contributed by atoms with Gasteiger partial charge in [0.25, 0.3) is 0 Å². The van der Waals surface area contributed by atoms with Gasteiger partial charge in [0.15, 0.2) is 26.8 Å². The van der Waals surface area contributed by atoms with E-state index in [0.717, 1.165) is 17.0 Å². The van der Waals surface area contributed by atoms with Gasteiger partial charge < -0.3 is 4.74 Å². The molecule has 0 saturated heterocycles. The minimum atomic E-state index is -1.53. The summed E-state index contributed by atoms with van der Waals surface area (Å²) in [6, 6.07) is 18.7. The minimum absolute atomic E-state index is 0.184. The van der Waals surface area contributed by atoms with Crippen LogP contribution in [0.3, 0.4) is 0 Å². The molecule has 31 heavy (non-hydrogen) atoms. The summed E-state index contributed by atoms with van der Waals surface area (Å²) in [4.78, 5) is 13.8. The van der Waals surface area contributed by atoms with Gasteiger partial charge in [0.1, 0.15) is 5.38 Å². The average molecular weight is 433 g/mol. The zero-order valence-electron chi connectivity index (χ0n) is 17.0. The lowest BCUT2D eigenvalue weighted by Gasteiger charge is -2.24. The molecule has 0 amide bonds. The predicted molar refractivity (Wildman–Crippen MR) is 120 cm³/mol. The molecule has 2 atom stereocenters. The van der Waals surface area contributed by atoms with Gasteiger partial charge in [-0.05, 0) is 62.4 Å². The van der Waals surface area contributed by atoms with Gasteiger partial charge in [-0.1, -0.05) is 24.1 Å². The first kappa shape index (κ1) is 20.8. The molecule has 1 aromatic heterocycles. The van der Waals surface area contributed by atoms with Crippen LogP contribution in [0, 0.1) is 30.9 Å². The number of esters is 1. The van der Waals surface area contributed by atoms with Crippen molar-refractivity contribution in [2.45, 2.75) is 19.4 Å². The molecule has 154 valence electrons. The van der Waals surface area contributed by atoms with Crippen molar-refractivity contribution < 1.29 is 18.3 Å². The summed E-state index contributed by atoms with van der Waals surface area (Å²) in [7, 11) is -0.196. The van der Waals surface area contributed by atoms with Crippen LogP contribution in [0.1, 0.15) is 28.4 Å². The molecule has 0 spiro atoms. The zero-order valence-corrected chi connectivity index (χ0v) is 17.8. The number of fused-ring (bicyclic) bond motifs is 1. The Hall–Kier alpha value is -3.49. The van der Waals surface area contributed by atoms with Crippen molar-refractivity contribution in [2.24, 2.45) is 0 Å². The molecule has 0 saturated carbocycles. The Kier molecular flexibility index (Phi) is 5.34. The fourth-order valence-electron chi connectivity index (χ4n) is 3.43. The molecule has 4 aromatic rings. The van der Waals surface area contributed by atoms with Crippen LogP contribution in [0.2, 0.25) is 0 Å². The Bertz CT molecular complexity index is 1330. The SMILES string of the molecule is C#CC(C)(OC(=O)c1ccc(-[s+]2cc(C)c3ccccc32)cc1)c1ccc(F)c(F)c1. The van der Waals surface area contributed by atoms with Crippen LogP contribution in [-0.4, -0.2) is 5.97 Å². The van der Waals surface area contributed by atoms with Gasteiger partial charge in [-0.2, -0.15) is 0 Å². The maximum atomic E-state index is 13.6. The molecule has 0 N–H and O–H groups in total. The van der Waals surface area contributed by atoms with Crippen LogP contribution in [0.5, 0.6) is 0 Å². The average Bonchev–Trinajstić information content (AvgIpc) is 3.12. The predicted octanol–water partition coefficient (Wildman–Crippen LogP) is 6.87. The first-order valence-electron chi connectivity index (χ1n) is 9.60. The van der Waals surface area contributed by atoms with Crippen LogP contribution in [0.15, 0.2) is 72.1 Å². The molecule has 4 rings (SSSR count). The molecule has 2 unspecified atom stereocenters. The van der Waals surface area contributed by atoms with E-state index in [4.69, 9.17) is 11.2 Å². The maximum absolute atomic E-state index is 13.6. The number of terminal acetylenes is 1. The first-order chi connectivity index (χ1) is 14.8. The van der Waals surface area contributed by atoms with Gasteiger partial charge in [0, 0.05) is 27.0 Å². The quantitative estimate of drug-likeness (QED) is 0.199. The Labute approximate surface area is 182 Å². The van der Waals surface area contributed by atoms with Crippen molar-refractivity contribution in [3.05, 3.63) is 100 Å². The number of ether oxygens (including phenoxy) is 1. The number of hydrogen-bond donors (Lipinski definition) is 0. The molecule has 0 radical (unpaired) electrons. The summed E-state index contributed by atoms with van der Waals surface area (Å²) in [6.45, 7) is 3.56. The number of aryl methyl sites for hydroxylation is 1. The molecule has 0 aliphatic heterocycles. The van der Waals surface area contributed by atoms with Crippen molar-refractivity contribution in [1.82, 2.24) is 0 Å². The topological polar surface area (TPSA) is 26.3 Å². The second-order valence-electron chi connectivity index (χ2n) is 7.36. The van der Waals surface area contributed by atoms with E-state index in [-0.39, 0.29) is 16.0 Å². The van der Waals surface area contributed by atoms with E-state index >= 15 is 0 Å². The molecule has 0 aliphatic rings. The van der Waals surface area contributed by atoms with Crippen LogP contribution >= 0.6 is 10.5 Å². The fourth-order valence-corrected chi connectivity index (χ4v) is 5.55. The molecule has 1 heterocycles. The highest BCUT2D eigenvalue weighted by Crippen LogP contribution is 2.41. The standard InChI is InChI=1S/C26H19F2O2S/c1-4-26(3,19-11-14-22(27)23(28)15-19)30-25(29)18-9-12-20(13-10-18)31-16-17(2)21-7-5-6-8-24(21)31/h1,5-16H,2-3H3/q+1. The highest BCUT2D eigenvalue weighted by Gasteiger charge is 2.30. The molecule has 0 fully saturated rings. The van der Waals surface area contributed by atoms with E-state index in [0.29, 0.717) is 5.56 Å². The number of benzene rings is 3. The lowest BCUT2D eigenvalue weighted by Crippen LogP contribution is -2.27. The van der Waals surface area contributed by atoms with E-state index in [9.17, 15) is 13.6 Å². The summed E-state index contributed by atoms with van der Waals surface area (Å²) in [5, 5.41) is 3.47. The van der Waals surface area contributed by atoms with E-state index in [1.165, 1.54) is 28.6 Å².